The molecule has 4 heteroatoms. The lowest BCUT2D eigenvalue weighted by Crippen LogP contribution is -2.08. The second kappa shape index (κ2) is 5.13. The Bertz CT molecular complexity index is 667. The van der Waals surface area contributed by atoms with E-state index >= 15 is 0 Å². The third-order valence-corrected chi connectivity index (χ3v) is 3.86. The van der Waals surface area contributed by atoms with Crippen molar-refractivity contribution in [3.63, 3.8) is 0 Å². The van der Waals surface area contributed by atoms with Gasteiger partial charge < -0.3 is 5.73 Å². The number of aryl methyl sites for hydroxylation is 2. The van der Waals surface area contributed by atoms with Gasteiger partial charge in [-0.15, -0.1) is 0 Å². The van der Waals surface area contributed by atoms with Crippen molar-refractivity contribution in [1.82, 2.24) is 0 Å². The topological polar surface area (TPSA) is 43.1 Å². The van der Waals surface area contributed by atoms with Crippen LogP contribution in [0.15, 0.2) is 34.8 Å². The number of nitrogen functional groups attached to an aromatic ring is 1. The second-order valence-corrected chi connectivity index (χ2v) is 5.33. The number of rotatable bonds is 2. The summed E-state index contributed by atoms with van der Waals surface area (Å²) in [7, 11) is 0. The molecule has 2 rings (SSSR count). The first kappa shape index (κ1) is 13.7. The van der Waals surface area contributed by atoms with Crippen molar-refractivity contribution in [2.24, 2.45) is 0 Å². The molecule has 0 spiro atoms. The predicted molar refractivity (Wildman–Crippen MR) is 77.9 cm³/mol. The largest absolute Gasteiger partial charge is 0.398 e. The summed E-state index contributed by atoms with van der Waals surface area (Å²) in [4.78, 5) is 12.4. The highest BCUT2D eigenvalue weighted by Gasteiger charge is 2.16. The normalized spacial score (nSPS) is 10.5. The summed E-state index contributed by atoms with van der Waals surface area (Å²) in [5.74, 6) is -0.636. The molecule has 0 aliphatic heterocycles. The standard InChI is InChI=1S/C15H13BrFNO/c1-8-6-13(16)9(2)5-12(8)15(19)11-4-3-10(17)7-14(11)18/h3-7H,18H2,1-2H3. The number of carbonyl (C=O) groups excluding carboxylic acids is 1. The molecule has 2 aromatic rings. The zero-order chi connectivity index (χ0) is 14.2. The number of nitrogens with two attached hydrogens (primary N) is 1. The van der Waals surface area contributed by atoms with Crippen LogP contribution in [-0.4, -0.2) is 5.78 Å². The number of hydrogen-bond donors (Lipinski definition) is 1. The Balaban J connectivity index is 2.53. The fourth-order valence-corrected chi connectivity index (χ4v) is 2.37. The van der Waals surface area contributed by atoms with E-state index in [1.807, 2.05) is 26.0 Å². The van der Waals surface area contributed by atoms with Gasteiger partial charge in [0, 0.05) is 21.3 Å². The maximum absolute atomic E-state index is 13.0. The van der Waals surface area contributed by atoms with Crippen LogP contribution in [0, 0.1) is 19.7 Å². The van der Waals surface area contributed by atoms with Crippen LogP contribution in [0.25, 0.3) is 0 Å². The molecule has 0 aliphatic carbocycles. The molecule has 0 amide bonds. The Hall–Kier alpha value is -1.68. The number of ketones is 1. The molecule has 0 saturated heterocycles. The minimum absolute atomic E-state index is 0.157. The van der Waals surface area contributed by atoms with E-state index < -0.39 is 5.82 Å². The zero-order valence-corrected chi connectivity index (χ0v) is 12.2. The first-order valence-electron chi connectivity index (χ1n) is 5.76. The van der Waals surface area contributed by atoms with Crippen molar-refractivity contribution in [2.75, 3.05) is 5.73 Å². The molecule has 0 bridgehead atoms. The quantitative estimate of drug-likeness (QED) is 0.670. The highest BCUT2D eigenvalue weighted by Crippen LogP contribution is 2.25. The van der Waals surface area contributed by atoms with E-state index in [0.717, 1.165) is 21.7 Å². The molecule has 98 valence electrons. The van der Waals surface area contributed by atoms with Gasteiger partial charge in [0.1, 0.15) is 5.82 Å². The third-order valence-electron chi connectivity index (χ3n) is 3.01. The average molecular weight is 322 g/mol. The van der Waals surface area contributed by atoms with Gasteiger partial charge in [0.15, 0.2) is 5.78 Å². The van der Waals surface area contributed by atoms with Gasteiger partial charge >= 0.3 is 0 Å². The number of halogens is 2. The van der Waals surface area contributed by atoms with E-state index in [9.17, 15) is 9.18 Å². The van der Waals surface area contributed by atoms with Gasteiger partial charge in [-0.25, -0.2) is 4.39 Å². The maximum Gasteiger partial charge on any atom is 0.195 e. The van der Waals surface area contributed by atoms with Crippen LogP contribution in [0.3, 0.4) is 0 Å². The molecule has 0 atom stereocenters. The van der Waals surface area contributed by atoms with Crippen molar-refractivity contribution >= 4 is 27.4 Å². The smallest absolute Gasteiger partial charge is 0.195 e. The van der Waals surface area contributed by atoms with Crippen LogP contribution in [0.2, 0.25) is 0 Å². The lowest BCUT2D eigenvalue weighted by atomic mass is 9.96. The summed E-state index contributed by atoms with van der Waals surface area (Å²) in [5, 5.41) is 0. The summed E-state index contributed by atoms with van der Waals surface area (Å²) < 4.78 is 14.0. The molecule has 0 heterocycles. The van der Waals surface area contributed by atoms with Gasteiger partial charge in [-0.05, 0) is 55.3 Å². The molecule has 2 nitrogen and oxygen atoms in total. The van der Waals surface area contributed by atoms with Crippen molar-refractivity contribution in [1.29, 1.82) is 0 Å². The Kier molecular flexibility index (Phi) is 3.71. The van der Waals surface area contributed by atoms with Gasteiger partial charge in [-0.2, -0.15) is 0 Å². The van der Waals surface area contributed by atoms with Crippen LogP contribution in [0.5, 0.6) is 0 Å². The van der Waals surface area contributed by atoms with Gasteiger partial charge in [-0.3, -0.25) is 4.79 Å². The minimum Gasteiger partial charge on any atom is -0.398 e. The van der Waals surface area contributed by atoms with E-state index in [-0.39, 0.29) is 11.5 Å². The van der Waals surface area contributed by atoms with Crippen molar-refractivity contribution in [3.05, 3.63) is 62.9 Å². The second-order valence-electron chi connectivity index (χ2n) is 4.48. The lowest BCUT2D eigenvalue weighted by Gasteiger charge is -2.10. The summed E-state index contributed by atoms with van der Waals surface area (Å²) in [5.41, 5.74) is 8.59. The number of anilines is 1. The molecule has 2 N–H and O–H groups in total. The molecule has 19 heavy (non-hydrogen) atoms. The first-order valence-corrected chi connectivity index (χ1v) is 6.56. The molecular weight excluding hydrogens is 309 g/mol. The maximum atomic E-state index is 13.0. The van der Waals surface area contributed by atoms with E-state index in [2.05, 4.69) is 15.9 Å². The SMILES string of the molecule is Cc1cc(C(=O)c2ccc(F)cc2N)c(C)cc1Br. The highest BCUT2D eigenvalue weighted by atomic mass is 79.9. The molecule has 0 radical (unpaired) electrons. The van der Waals surface area contributed by atoms with Gasteiger partial charge in [-0.1, -0.05) is 15.9 Å². The summed E-state index contributed by atoms with van der Waals surface area (Å²) in [6, 6.07) is 7.52. The van der Waals surface area contributed by atoms with Crippen LogP contribution < -0.4 is 5.73 Å². The van der Waals surface area contributed by atoms with Gasteiger partial charge in [0.05, 0.1) is 0 Å². The summed E-state index contributed by atoms with van der Waals surface area (Å²) >= 11 is 3.42. The minimum atomic E-state index is -0.447. The molecule has 0 saturated carbocycles. The van der Waals surface area contributed by atoms with E-state index in [1.165, 1.54) is 12.1 Å². The van der Waals surface area contributed by atoms with Crippen molar-refractivity contribution < 1.29 is 9.18 Å². The average Bonchev–Trinajstić information content (AvgIpc) is 2.33. The third kappa shape index (κ3) is 2.68. The molecule has 0 aromatic heterocycles. The number of benzene rings is 2. The Morgan fingerprint density at radius 3 is 2.42 bits per heavy atom. The lowest BCUT2D eigenvalue weighted by molar-refractivity contribution is 0.103. The Morgan fingerprint density at radius 2 is 1.79 bits per heavy atom. The van der Waals surface area contributed by atoms with Crippen LogP contribution in [0.1, 0.15) is 27.0 Å². The van der Waals surface area contributed by atoms with E-state index in [4.69, 9.17) is 5.73 Å². The van der Waals surface area contributed by atoms with Crippen molar-refractivity contribution in [3.8, 4) is 0 Å². The molecule has 0 fully saturated rings. The van der Waals surface area contributed by atoms with E-state index in [1.54, 1.807) is 0 Å². The van der Waals surface area contributed by atoms with Crippen LogP contribution in [-0.2, 0) is 0 Å². The zero-order valence-electron chi connectivity index (χ0n) is 10.6. The fourth-order valence-electron chi connectivity index (χ4n) is 1.91. The predicted octanol–water partition coefficient (Wildman–Crippen LogP) is 4.02. The summed E-state index contributed by atoms with van der Waals surface area (Å²) in [6.45, 7) is 3.77. The number of carbonyl (C=O) groups is 1. The summed E-state index contributed by atoms with van der Waals surface area (Å²) in [6.07, 6.45) is 0. The Morgan fingerprint density at radius 1 is 1.11 bits per heavy atom. The number of hydrogen-bond acceptors (Lipinski definition) is 2. The van der Waals surface area contributed by atoms with Crippen molar-refractivity contribution in [2.45, 2.75) is 13.8 Å². The Labute approximate surface area is 119 Å². The fraction of sp³-hybridized carbons (Fsp3) is 0.133. The van der Waals surface area contributed by atoms with E-state index in [0.29, 0.717) is 11.1 Å². The molecule has 2 aromatic carbocycles. The molecule has 0 aliphatic rings. The van der Waals surface area contributed by atoms with Gasteiger partial charge in [0.2, 0.25) is 0 Å². The first-order chi connectivity index (χ1) is 8.90. The molecule has 0 unspecified atom stereocenters. The van der Waals surface area contributed by atoms with Crippen LogP contribution >= 0.6 is 15.9 Å². The van der Waals surface area contributed by atoms with Gasteiger partial charge in [0.25, 0.3) is 0 Å². The molecular formula is C15H13BrFNO. The highest BCUT2D eigenvalue weighted by molar-refractivity contribution is 9.10. The van der Waals surface area contributed by atoms with Crippen LogP contribution in [0.4, 0.5) is 10.1 Å². The monoisotopic (exact) mass is 321 g/mol.